The number of methoxy groups -OCH3 is 1. The average molecular weight is 251 g/mol. The van der Waals surface area contributed by atoms with Crippen LogP contribution in [0.25, 0.3) is 0 Å². The molecule has 1 aliphatic carbocycles. The van der Waals surface area contributed by atoms with Crippen LogP contribution in [0.4, 0.5) is 0 Å². The highest BCUT2D eigenvalue weighted by Gasteiger charge is 2.43. The second kappa shape index (κ2) is 6.59. The first kappa shape index (κ1) is 15.5. The second-order valence-electron chi connectivity index (χ2n) is 6.17. The molecule has 0 radical (unpaired) electrons. The van der Waals surface area contributed by atoms with E-state index in [1.807, 2.05) is 14.0 Å². The van der Waals surface area contributed by atoms with Gasteiger partial charge in [-0.1, -0.05) is 20.8 Å². The van der Waals surface area contributed by atoms with Gasteiger partial charge in [0, 0.05) is 19.6 Å². The van der Waals surface area contributed by atoms with E-state index in [4.69, 9.17) is 4.74 Å². The van der Waals surface area contributed by atoms with Gasteiger partial charge in [-0.25, -0.2) is 0 Å². The van der Waals surface area contributed by atoms with E-state index < -0.39 is 0 Å². The van der Waals surface area contributed by atoms with E-state index in [1.165, 1.54) is 12.8 Å². The first-order valence-corrected chi connectivity index (χ1v) is 7.18. The third-order valence-corrected chi connectivity index (χ3v) is 4.42. The lowest BCUT2D eigenvalue weighted by molar-refractivity contribution is -0.0848. The third kappa shape index (κ3) is 3.73. The van der Waals surface area contributed by atoms with Crippen molar-refractivity contribution < 1.29 is 4.74 Å². The normalized spacial score (nSPS) is 22.9. The highest BCUT2D eigenvalue weighted by molar-refractivity contribution is 5.06. The lowest BCUT2D eigenvalue weighted by atomic mass is 9.68. The Morgan fingerprint density at radius 3 is 2.28 bits per heavy atom. The van der Waals surface area contributed by atoms with Gasteiger partial charge in [0.15, 0.2) is 0 Å². The van der Waals surface area contributed by atoms with Gasteiger partial charge in [-0.15, -0.1) is 11.8 Å². The fourth-order valence-electron chi connectivity index (χ4n) is 2.94. The van der Waals surface area contributed by atoms with E-state index >= 15 is 0 Å². The van der Waals surface area contributed by atoms with Crippen LogP contribution in [0.3, 0.4) is 0 Å². The lowest BCUT2D eigenvalue weighted by Crippen LogP contribution is -2.54. The Bertz CT molecular complexity index is 301. The van der Waals surface area contributed by atoms with Gasteiger partial charge in [-0.2, -0.15) is 0 Å². The molecular weight excluding hydrogens is 222 g/mol. The molecule has 1 atom stereocenters. The summed E-state index contributed by atoms with van der Waals surface area (Å²) in [5, 5.41) is 3.58. The fraction of sp³-hybridized carbons (Fsp3) is 0.875. The van der Waals surface area contributed by atoms with Gasteiger partial charge in [0.25, 0.3) is 0 Å². The number of ether oxygens (including phenoxy) is 1. The zero-order valence-corrected chi connectivity index (χ0v) is 12.7. The number of hydrogen-bond acceptors (Lipinski definition) is 2. The minimum Gasteiger partial charge on any atom is -0.377 e. The molecule has 1 N–H and O–H groups in total. The van der Waals surface area contributed by atoms with Gasteiger partial charge in [-0.05, 0) is 44.6 Å². The summed E-state index contributed by atoms with van der Waals surface area (Å²) < 4.78 is 5.95. The first-order valence-electron chi connectivity index (χ1n) is 7.18. The van der Waals surface area contributed by atoms with E-state index in [1.54, 1.807) is 0 Å². The maximum absolute atomic E-state index is 5.95. The predicted molar refractivity (Wildman–Crippen MR) is 77.5 cm³/mol. The zero-order valence-electron chi connectivity index (χ0n) is 12.7. The van der Waals surface area contributed by atoms with E-state index in [2.05, 4.69) is 37.9 Å². The zero-order chi connectivity index (χ0) is 13.6. The molecule has 1 rings (SSSR count). The molecule has 0 aromatic heterocycles. The molecule has 0 spiro atoms. The highest BCUT2D eigenvalue weighted by atomic mass is 16.5. The number of nitrogens with one attached hydrogen (secondary N) is 1. The van der Waals surface area contributed by atoms with E-state index in [0.29, 0.717) is 11.5 Å². The molecule has 0 aromatic rings. The van der Waals surface area contributed by atoms with Crippen LogP contribution in [-0.4, -0.2) is 25.3 Å². The Kier molecular flexibility index (Phi) is 5.69. The summed E-state index contributed by atoms with van der Waals surface area (Å²) in [6.07, 6.45) is 5.64. The van der Waals surface area contributed by atoms with Crippen molar-refractivity contribution in [2.75, 3.05) is 13.7 Å². The molecule has 0 heterocycles. The molecule has 104 valence electrons. The van der Waals surface area contributed by atoms with Crippen LogP contribution in [-0.2, 0) is 4.74 Å². The molecule has 2 nitrogen and oxygen atoms in total. The molecule has 1 aliphatic rings. The van der Waals surface area contributed by atoms with Crippen molar-refractivity contribution in [1.29, 1.82) is 0 Å². The smallest absolute Gasteiger partial charge is 0.0840 e. The van der Waals surface area contributed by atoms with Crippen molar-refractivity contribution in [2.45, 2.75) is 71.4 Å². The van der Waals surface area contributed by atoms with Gasteiger partial charge in [0.2, 0.25) is 0 Å². The standard InChI is InChI=1S/C16H29NO/c1-6-8-9-14(17-7-2)16(18-5)12-10-15(3,4)11-13-16/h14,17H,7,9-13H2,1-5H3. The van der Waals surface area contributed by atoms with Crippen molar-refractivity contribution in [3.8, 4) is 11.8 Å². The van der Waals surface area contributed by atoms with Gasteiger partial charge in [0.1, 0.15) is 0 Å². The van der Waals surface area contributed by atoms with Crippen LogP contribution in [0, 0.1) is 17.3 Å². The van der Waals surface area contributed by atoms with Crippen LogP contribution >= 0.6 is 0 Å². The average Bonchev–Trinajstić information content (AvgIpc) is 2.36. The fourth-order valence-corrected chi connectivity index (χ4v) is 2.94. The third-order valence-electron chi connectivity index (χ3n) is 4.42. The molecule has 0 saturated heterocycles. The van der Waals surface area contributed by atoms with Crippen LogP contribution in [0.1, 0.15) is 59.8 Å². The summed E-state index contributed by atoms with van der Waals surface area (Å²) in [5.41, 5.74) is 0.449. The Balaban J connectivity index is 2.79. The lowest BCUT2D eigenvalue weighted by Gasteiger charge is -2.47. The SMILES string of the molecule is CC#CCC(NCC)C1(OC)CCC(C)(C)CC1. The summed E-state index contributed by atoms with van der Waals surface area (Å²) in [6.45, 7) is 9.76. The minimum absolute atomic E-state index is 0.0185. The maximum atomic E-state index is 5.95. The number of rotatable bonds is 5. The summed E-state index contributed by atoms with van der Waals surface area (Å²) in [7, 11) is 1.86. The molecule has 18 heavy (non-hydrogen) atoms. The Morgan fingerprint density at radius 1 is 1.22 bits per heavy atom. The number of hydrogen-bond donors (Lipinski definition) is 1. The molecule has 2 heteroatoms. The Hall–Kier alpha value is -0.520. The van der Waals surface area contributed by atoms with Crippen LogP contribution < -0.4 is 5.32 Å². The topological polar surface area (TPSA) is 21.3 Å². The summed E-state index contributed by atoms with van der Waals surface area (Å²) >= 11 is 0. The summed E-state index contributed by atoms with van der Waals surface area (Å²) in [6, 6.07) is 0.357. The first-order chi connectivity index (χ1) is 8.49. The highest BCUT2D eigenvalue weighted by Crippen LogP contribution is 2.43. The van der Waals surface area contributed by atoms with E-state index in [9.17, 15) is 0 Å². The molecule has 0 aliphatic heterocycles. The Labute approximate surface area is 113 Å². The Morgan fingerprint density at radius 2 is 1.83 bits per heavy atom. The predicted octanol–water partition coefficient (Wildman–Crippen LogP) is 3.36. The molecule has 0 bridgehead atoms. The molecule has 0 aromatic carbocycles. The second-order valence-corrected chi connectivity index (χ2v) is 6.17. The van der Waals surface area contributed by atoms with Crippen molar-refractivity contribution >= 4 is 0 Å². The molecular formula is C16H29NO. The van der Waals surface area contributed by atoms with Crippen molar-refractivity contribution in [2.24, 2.45) is 5.41 Å². The summed E-state index contributed by atoms with van der Waals surface area (Å²) in [4.78, 5) is 0. The van der Waals surface area contributed by atoms with Crippen molar-refractivity contribution in [3.63, 3.8) is 0 Å². The van der Waals surface area contributed by atoms with Crippen molar-refractivity contribution in [3.05, 3.63) is 0 Å². The van der Waals surface area contributed by atoms with E-state index in [-0.39, 0.29) is 5.60 Å². The van der Waals surface area contributed by atoms with Gasteiger partial charge in [0.05, 0.1) is 5.60 Å². The van der Waals surface area contributed by atoms with Gasteiger partial charge >= 0.3 is 0 Å². The molecule has 0 amide bonds. The molecule has 1 fully saturated rings. The van der Waals surface area contributed by atoms with Crippen LogP contribution in [0.5, 0.6) is 0 Å². The van der Waals surface area contributed by atoms with Crippen LogP contribution in [0.2, 0.25) is 0 Å². The van der Waals surface area contributed by atoms with E-state index in [0.717, 1.165) is 25.8 Å². The monoisotopic (exact) mass is 251 g/mol. The van der Waals surface area contributed by atoms with Crippen molar-refractivity contribution in [1.82, 2.24) is 5.32 Å². The minimum atomic E-state index is -0.0185. The van der Waals surface area contributed by atoms with Crippen LogP contribution in [0.15, 0.2) is 0 Å². The molecule has 1 unspecified atom stereocenters. The summed E-state index contributed by atoms with van der Waals surface area (Å²) in [5.74, 6) is 6.23. The maximum Gasteiger partial charge on any atom is 0.0840 e. The van der Waals surface area contributed by atoms with Gasteiger partial charge in [-0.3, -0.25) is 0 Å². The number of likely N-dealkylation sites (N-methyl/N-ethyl adjacent to an activating group) is 1. The largest absolute Gasteiger partial charge is 0.377 e. The van der Waals surface area contributed by atoms with Gasteiger partial charge < -0.3 is 10.1 Å². The quantitative estimate of drug-likeness (QED) is 0.757. The molecule has 1 saturated carbocycles.